The van der Waals surface area contributed by atoms with Crippen LogP contribution in [0.3, 0.4) is 0 Å². The Bertz CT molecular complexity index is 376. The first-order valence-electron chi connectivity index (χ1n) is 5.19. The zero-order chi connectivity index (χ0) is 13.1. The highest BCUT2D eigenvalue weighted by Gasteiger charge is 2.27. The lowest BCUT2D eigenvalue weighted by Crippen LogP contribution is -2.22. The topological polar surface area (TPSA) is 49.8 Å². The zero-order valence-corrected chi connectivity index (χ0v) is 9.89. The summed E-state index contributed by atoms with van der Waals surface area (Å²) in [7, 11) is 1.65. The van der Waals surface area contributed by atoms with Gasteiger partial charge < -0.3 is 10.6 Å². The van der Waals surface area contributed by atoms with E-state index in [2.05, 4.69) is 20.6 Å². The zero-order valence-electron chi connectivity index (χ0n) is 9.89. The molecule has 1 rings (SSSR count). The number of nitrogens with one attached hydrogen (secondary N) is 2. The van der Waals surface area contributed by atoms with E-state index in [1.54, 1.807) is 7.05 Å². The van der Waals surface area contributed by atoms with Crippen molar-refractivity contribution in [3.05, 3.63) is 11.9 Å². The van der Waals surface area contributed by atoms with Crippen molar-refractivity contribution in [3.8, 4) is 0 Å². The van der Waals surface area contributed by atoms with Gasteiger partial charge in [0.2, 0.25) is 0 Å². The van der Waals surface area contributed by atoms with E-state index in [0.29, 0.717) is 11.6 Å². The summed E-state index contributed by atoms with van der Waals surface area (Å²) >= 11 is 0. The van der Waals surface area contributed by atoms with Gasteiger partial charge >= 0.3 is 6.18 Å². The van der Waals surface area contributed by atoms with Gasteiger partial charge in [-0.2, -0.15) is 13.2 Å². The van der Waals surface area contributed by atoms with Crippen LogP contribution in [-0.2, 0) is 0 Å². The average Bonchev–Trinajstić information content (AvgIpc) is 2.25. The van der Waals surface area contributed by atoms with Gasteiger partial charge in [-0.3, -0.25) is 0 Å². The Morgan fingerprint density at radius 3 is 2.29 bits per heavy atom. The Hall–Kier alpha value is -1.53. The maximum absolute atomic E-state index is 12.1. The summed E-state index contributed by atoms with van der Waals surface area (Å²) in [5.41, 5.74) is 0. The van der Waals surface area contributed by atoms with Crippen LogP contribution < -0.4 is 10.6 Å². The summed E-state index contributed by atoms with van der Waals surface area (Å²) in [5.74, 6) is 1.22. The molecule has 0 aromatic carbocycles. The molecular weight excluding hydrogens is 233 g/mol. The Kier molecular flexibility index (Phi) is 4.14. The molecular formula is C10H15F3N4. The van der Waals surface area contributed by atoms with Crippen molar-refractivity contribution in [3.63, 3.8) is 0 Å². The number of hydrogen-bond donors (Lipinski definition) is 2. The third-order valence-corrected chi connectivity index (χ3v) is 1.99. The summed E-state index contributed by atoms with van der Waals surface area (Å²) in [6.07, 6.45) is -4.26. The minimum Gasteiger partial charge on any atom is -0.373 e. The van der Waals surface area contributed by atoms with E-state index in [1.165, 1.54) is 6.07 Å². The van der Waals surface area contributed by atoms with Crippen LogP contribution in [0, 0.1) is 0 Å². The molecule has 2 N–H and O–H groups in total. The average molecular weight is 248 g/mol. The summed E-state index contributed by atoms with van der Waals surface area (Å²) in [6.45, 7) is 2.65. The fourth-order valence-corrected chi connectivity index (χ4v) is 1.13. The standard InChI is InChI=1S/C10H15F3N4/c1-6(2)9-16-7(14-3)4-8(17-9)15-5-10(11,12)13/h4,6H,5H2,1-3H3,(H2,14,15,16,17). The van der Waals surface area contributed by atoms with E-state index in [4.69, 9.17) is 0 Å². The monoisotopic (exact) mass is 248 g/mol. The molecule has 0 amide bonds. The molecule has 0 spiro atoms. The number of nitrogens with zero attached hydrogens (tertiary/aromatic N) is 2. The number of anilines is 2. The fraction of sp³-hybridized carbons (Fsp3) is 0.600. The van der Waals surface area contributed by atoms with Crippen molar-refractivity contribution in [2.75, 3.05) is 24.2 Å². The number of halogens is 3. The van der Waals surface area contributed by atoms with Gasteiger partial charge in [0, 0.05) is 19.0 Å². The van der Waals surface area contributed by atoms with Crippen LogP contribution in [0.25, 0.3) is 0 Å². The first-order chi connectivity index (χ1) is 7.81. The molecule has 1 aromatic heterocycles. The van der Waals surface area contributed by atoms with Gasteiger partial charge in [0.05, 0.1) is 0 Å². The largest absolute Gasteiger partial charge is 0.405 e. The van der Waals surface area contributed by atoms with Crippen molar-refractivity contribution in [2.24, 2.45) is 0 Å². The molecule has 7 heteroatoms. The van der Waals surface area contributed by atoms with Crippen molar-refractivity contribution >= 4 is 11.6 Å². The highest BCUT2D eigenvalue weighted by Crippen LogP contribution is 2.19. The lowest BCUT2D eigenvalue weighted by atomic mass is 10.2. The van der Waals surface area contributed by atoms with Crippen LogP contribution in [0.4, 0.5) is 24.8 Å². The smallest absolute Gasteiger partial charge is 0.373 e. The first-order valence-corrected chi connectivity index (χ1v) is 5.19. The van der Waals surface area contributed by atoms with E-state index in [0.717, 1.165) is 0 Å². The maximum Gasteiger partial charge on any atom is 0.405 e. The molecule has 0 unspecified atom stereocenters. The second-order valence-electron chi connectivity index (χ2n) is 3.87. The molecule has 0 bridgehead atoms. The molecule has 17 heavy (non-hydrogen) atoms. The third-order valence-electron chi connectivity index (χ3n) is 1.99. The second-order valence-corrected chi connectivity index (χ2v) is 3.87. The Morgan fingerprint density at radius 2 is 1.82 bits per heavy atom. The minimum atomic E-state index is -4.26. The van der Waals surface area contributed by atoms with Crippen molar-refractivity contribution in [2.45, 2.75) is 25.9 Å². The molecule has 0 fully saturated rings. The lowest BCUT2D eigenvalue weighted by Gasteiger charge is -2.12. The van der Waals surface area contributed by atoms with E-state index in [-0.39, 0.29) is 11.7 Å². The van der Waals surface area contributed by atoms with Gasteiger partial charge in [-0.05, 0) is 0 Å². The molecule has 0 aliphatic carbocycles. The molecule has 1 heterocycles. The molecule has 4 nitrogen and oxygen atoms in total. The minimum absolute atomic E-state index is 0.0507. The normalized spacial score (nSPS) is 11.7. The summed E-state index contributed by atoms with van der Waals surface area (Å²) in [5, 5.41) is 5.03. The summed E-state index contributed by atoms with van der Waals surface area (Å²) in [4.78, 5) is 8.17. The fourth-order valence-electron chi connectivity index (χ4n) is 1.13. The quantitative estimate of drug-likeness (QED) is 0.860. The van der Waals surface area contributed by atoms with Gasteiger partial charge in [-0.15, -0.1) is 0 Å². The van der Waals surface area contributed by atoms with Crippen LogP contribution in [0.5, 0.6) is 0 Å². The highest BCUT2D eigenvalue weighted by atomic mass is 19.4. The van der Waals surface area contributed by atoms with Crippen LogP contribution in [0.2, 0.25) is 0 Å². The van der Waals surface area contributed by atoms with Gasteiger partial charge in [0.25, 0.3) is 0 Å². The number of aromatic nitrogens is 2. The summed E-state index contributed by atoms with van der Waals surface area (Å²) < 4.78 is 36.2. The molecule has 0 aliphatic rings. The maximum atomic E-state index is 12.1. The second kappa shape index (κ2) is 5.20. The highest BCUT2D eigenvalue weighted by molar-refractivity contribution is 5.47. The predicted molar refractivity (Wildman–Crippen MR) is 60.2 cm³/mol. The number of rotatable bonds is 4. The molecule has 0 radical (unpaired) electrons. The van der Waals surface area contributed by atoms with Gasteiger partial charge in [-0.1, -0.05) is 13.8 Å². The molecule has 1 aromatic rings. The van der Waals surface area contributed by atoms with Gasteiger partial charge in [0.15, 0.2) is 0 Å². The molecule has 96 valence electrons. The van der Waals surface area contributed by atoms with Crippen molar-refractivity contribution in [1.82, 2.24) is 9.97 Å². The molecule has 0 atom stereocenters. The summed E-state index contributed by atoms with van der Waals surface area (Å²) in [6, 6.07) is 1.44. The van der Waals surface area contributed by atoms with Crippen LogP contribution in [-0.4, -0.2) is 29.7 Å². The van der Waals surface area contributed by atoms with Crippen LogP contribution in [0.15, 0.2) is 6.07 Å². The van der Waals surface area contributed by atoms with Crippen molar-refractivity contribution < 1.29 is 13.2 Å². The number of hydrogen-bond acceptors (Lipinski definition) is 4. The van der Waals surface area contributed by atoms with Gasteiger partial charge in [-0.25, -0.2) is 9.97 Å². The predicted octanol–water partition coefficient (Wildman–Crippen LogP) is 2.62. The SMILES string of the molecule is CNc1cc(NCC(F)(F)F)nc(C(C)C)n1. The Labute approximate surface area is 97.7 Å². The van der Waals surface area contributed by atoms with E-state index in [1.807, 2.05) is 13.8 Å². The van der Waals surface area contributed by atoms with Crippen LogP contribution in [0.1, 0.15) is 25.6 Å². The Balaban J connectivity index is 2.87. The third kappa shape index (κ3) is 4.46. The van der Waals surface area contributed by atoms with E-state index < -0.39 is 12.7 Å². The van der Waals surface area contributed by atoms with Crippen molar-refractivity contribution in [1.29, 1.82) is 0 Å². The Morgan fingerprint density at radius 1 is 1.24 bits per heavy atom. The molecule has 0 saturated heterocycles. The first kappa shape index (κ1) is 13.5. The van der Waals surface area contributed by atoms with Crippen LogP contribution >= 0.6 is 0 Å². The molecule has 0 aliphatic heterocycles. The van der Waals surface area contributed by atoms with Gasteiger partial charge in [0.1, 0.15) is 24.0 Å². The van der Waals surface area contributed by atoms with E-state index in [9.17, 15) is 13.2 Å². The lowest BCUT2D eigenvalue weighted by molar-refractivity contribution is -0.115. The molecule has 0 saturated carbocycles. The van der Waals surface area contributed by atoms with E-state index >= 15 is 0 Å². The number of alkyl halides is 3.